The largest absolute Gasteiger partial charge is 0.480 e. The average molecular weight is 497 g/mol. The molecule has 0 aromatic heterocycles. The lowest BCUT2D eigenvalue weighted by molar-refractivity contribution is -0.135. The maximum Gasteiger partial charge on any atom is 0.324 e. The normalized spacial score (nSPS) is 10.7. The number of hydrogen-bond acceptors (Lipinski definition) is 4. The molecular weight excluding hydrogens is 479 g/mol. The minimum Gasteiger partial charge on any atom is -0.480 e. The van der Waals surface area contributed by atoms with E-state index in [0.29, 0.717) is 37.3 Å². The monoisotopic (exact) mass is 496 g/mol. The molecule has 0 fully saturated rings. The van der Waals surface area contributed by atoms with Crippen molar-refractivity contribution in [2.75, 3.05) is 16.2 Å². The number of carbonyl (C=O) groups excluding carboxylic acids is 1. The Balaban J connectivity index is 1.74. The number of carboxylic acids is 1. The highest BCUT2D eigenvalue weighted by Gasteiger charge is 2.18. The molecule has 166 valence electrons. The SMILES string of the molecule is O=C(O)CN(Sc1cc(Cl)cc(Cl)c1)c1cccc2c(C(=O)Nc3ccccc3)cccc12. The standard InChI is InChI=1S/C25H18Cl2N2O3S/c26-16-12-17(27)14-19(13-16)33-29(15-24(30)31)23-11-5-8-20-21(23)9-4-10-22(20)25(32)28-18-6-2-1-3-7-18/h1-14H,15H2,(H,28,32)(H,30,31). The van der Waals surface area contributed by atoms with Crippen LogP contribution in [0.15, 0.2) is 89.8 Å². The zero-order valence-electron chi connectivity index (χ0n) is 17.2. The fourth-order valence-corrected chi connectivity index (χ4v) is 5.13. The second kappa shape index (κ2) is 10.2. The number of rotatable bonds is 7. The van der Waals surface area contributed by atoms with Gasteiger partial charge in [0, 0.05) is 31.6 Å². The van der Waals surface area contributed by atoms with E-state index < -0.39 is 5.97 Å². The van der Waals surface area contributed by atoms with Gasteiger partial charge >= 0.3 is 5.97 Å². The van der Waals surface area contributed by atoms with Gasteiger partial charge in [-0.15, -0.1) is 0 Å². The minimum absolute atomic E-state index is 0.247. The number of halogens is 2. The molecule has 4 rings (SSSR count). The van der Waals surface area contributed by atoms with E-state index in [-0.39, 0.29) is 12.5 Å². The summed E-state index contributed by atoms with van der Waals surface area (Å²) < 4.78 is 1.64. The van der Waals surface area contributed by atoms with Crippen molar-refractivity contribution in [1.29, 1.82) is 0 Å². The summed E-state index contributed by atoms with van der Waals surface area (Å²) in [6, 6.07) is 25.1. The molecule has 0 radical (unpaired) electrons. The van der Waals surface area contributed by atoms with Crippen molar-refractivity contribution < 1.29 is 14.7 Å². The maximum absolute atomic E-state index is 13.0. The van der Waals surface area contributed by atoms with E-state index >= 15 is 0 Å². The van der Waals surface area contributed by atoms with Crippen molar-refractivity contribution in [2.45, 2.75) is 4.90 Å². The summed E-state index contributed by atoms with van der Waals surface area (Å²) in [6.07, 6.45) is 0. The van der Waals surface area contributed by atoms with Gasteiger partial charge in [-0.1, -0.05) is 65.7 Å². The summed E-state index contributed by atoms with van der Waals surface area (Å²) in [4.78, 5) is 25.3. The molecule has 0 spiro atoms. The van der Waals surface area contributed by atoms with E-state index in [4.69, 9.17) is 23.2 Å². The van der Waals surface area contributed by atoms with E-state index in [0.717, 1.165) is 5.39 Å². The Hall–Kier alpha value is -3.19. The Morgan fingerprint density at radius 3 is 2.21 bits per heavy atom. The van der Waals surface area contributed by atoms with Crippen molar-refractivity contribution in [3.05, 3.63) is 101 Å². The Bertz CT molecular complexity index is 1310. The summed E-state index contributed by atoms with van der Waals surface area (Å²) in [5, 5.41) is 14.8. The number of nitrogens with zero attached hydrogens (tertiary/aromatic N) is 1. The third kappa shape index (κ3) is 5.60. The lowest BCUT2D eigenvalue weighted by Crippen LogP contribution is -2.23. The van der Waals surface area contributed by atoms with Gasteiger partial charge in [0.05, 0.1) is 5.69 Å². The van der Waals surface area contributed by atoms with Gasteiger partial charge in [0.2, 0.25) is 0 Å². The third-order valence-electron chi connectivity index (χ3n) is 4.77. The maximum atomic E-state index is 13.0. The molecule has 0 aliphatic carbocycles. The highest BCUT2D eigenvalue weighted by molar-refractivity contribution is 8.00. The number of amides is 1. The molecule has 33 heavy (non-hydrogen) atoms. The molecule has 5 nitrogen and oxygen atoms in total. The number of benzene rings is 4. The molecular formula is C25H18Cl2N2O3S. The Kier molecular flexibility index (Phi) is 7.08. The van der Waals surface area contributed by atoms with Crippen LogP contribution in [-0.2, 0) is 4.79 Å². The number of para-hydroxylation sites is 1. The number of carboxylic acid groups (broad SMARTS) is 1. The number of aliphatic carboxylic acids is 1. The smallest absolute Gasteiger partial charge is 0.324 e. The van der Waals surface area contributed by atoms with Gasteiger partial charge in [0.25, 0.3) is 5.91 Å². The zero-order chi connectivity index (χ0) is 23.4. The molecule has 0 bridgehead atoms. The number of carbonyl (C=O) groups is 2. The van der Waals surface area contributed by atoms with E-state index in [9.17, 15) is 14.7 Å². The van der Waals surface area contributed by atoms with E-state index in [2.05, 4.69) is 5.32 Å². The molecule has 8 heteroatoms. The molecule has 1 amide bonds. The van der Waals surface area contributed by atoms with Crippen LogP contribution in [0.25, 0.3) is 10.8 Å². The first kappa shape index (κ1) is 23.0. The fourth-order valence-electron chi connectivity index (χ4n) is 3.43. The Morgan fingerprint density at radius 2 is 1.52 bits per heavy atom. The first-order valence-electron chi connectivity index (χ1n) is 9.92. The molecule has 0 saturated heterocycles. The number of fused-ring (bicyclic) bond motifs is 1. The van der Waals surface area contributed by atoms with E-state index in [1.807, 2.05) is 48.5 Å². The van der Waals surface area contributed by atoms with Crippen LogP contribution in [0, 0.1) is 0 Å². The van der Waals surface area contributed by atoms with Gasteiger partial charge in [-0.05, 0) is 59.8 Å². The van der Waals surface area contributed by atoms with Gasteiger partial charge < -0.3 is 14.7 Å². The van der Waals surface area contributed by atoms with Gasteiger partial charge in [0.15, 0.2) is 0 Å². The fraction of sp³-hybridized carbons (Fsp3) is 0.0400. The lowest BCUT2D eigenvalue weighted by Gasteiger charge is -2.23. The van der Waals surface area contributed by atoms with Crippen molar-refractivity contribution in [3.8, 4) is 0 Å². The third-order valence-corrected chi connectivity index (χ3v) is 6.20. The van der Waals surface area contributed by atoms with Gasteiger partial charge in [-0.2, -0.15) is 0 Å². The Labute approximate surface area is 205 Å². The molecule has 0 aliphatic heterocycles. The molecule has 0 atom stereocenters. The van der Waals surface area contributed by atoms with E-state index in [1.165, 1.54) is 11.9 Å². The molecule has 4 aromatic rings. The van der Waals surface area contributed by atoms with E-state index in [1.54, 1.807) is 40.7 Å². The molecule has 4 aromatic carbocycles. The predicted octanol–water partition coefficient (Wildman–Crippen LogP) is 7.00. The van der Waals surface area contributed by atoms with Crippen molar-refractivity contribution in [3.63, 3.8) is 0 Å². The van der Waals surface area contributed by atoms with Crippen LogP contribution >= 0.6 is 35.1 Å². The predicted molar refractivity (Wildman–Crippen MR) is 136 cm³/mol. The summed E-state index contributed by atoms with van der Waals surface area (Å²) in [7, 11) is 0. The number of anilines is 2. The van der Waals surface area contributed by atoms with Crippen molar-refractivity contribution in [2.24, 2.45) is 0 Å². The second-order valence-corrected chi connectivity index (χ2v) is 9.09. The first-order chi connectivity index (χ1) is 15.9. The molecule has 0 unspecified atom stereocenters. The van der Waals surface area contributed by atoms with Crippen LogP contribution in [0.3, 0.4) is 0 Å². The van der Waals surface area contributed by atoms with Crippen LogP contribution in [0.1, 0.15) is 10.4 Å². The number of nitrogens with one attached hydrogen (secondary N) is 1. The van der Waals surface area contributed by atoms with Crippen LogP contribution in [0.2, 0.25) is 10.0 Å². The molecule has 0 aliphatic rings. The molecule has 0 heterocycles. The average Bonchev–Trinajstić information content (AvgIpc) is 2.77. The first-order valence-corrected chi connectivity index (χ1v) is 11.4. The highest BCUT2D eigenvalue weighted by Crippen LogP contribution is 2.37. The van der Waals surface area contributed by atoms with Crippen LogP contribution in [-0.4, -0.2) is 23.5 Å². The van der Waals surface area contributed by atoms with Crippen LogP contribution in [0.5, 0.6) is 0 Å². The van der Waals surface area contributed by atoms with Crippen LogP contribution in [0.4, 0.5) is 11.4 Å². The van der Waals surface area contributed by atoms with Crippen LogP contribution < -0.4 is 9.62 Å². The topological polar surface area (TPSA) is 69.6 Å². The second-order valence-electron chi connectivity index (χ2n) is 7.12. The summed E-state index contributed by atoms with van der Waals surface area (Å²) in [5.74, 6) is -1.24. The van der Waals surface area contributed by atoms with Gasteiger partial charge in [0.1, 0.15) is 6.54 Å². The lowest BCUT2D eigenvalue weighted by atomic mass is 10.0. The van der Waals surface area contributed by atoms with Crippen molar-refractivity contribution >= 4 is 69.2 Å². The minimum atomic E-state index is -0.995. The van der Waals surface area contributed by atoms with Gasteiger partial charge in [-0.3, -0.25) is 9.59 Å². The highest BCUT2D eigenvalue weighted by atomic mass is 35.5. The number of hydrogen-bond donors (Lipinski definition) is 2. The molecule has 2 N–H and O–H groups in total. The van der Waals surface area contributed by atoms with Crippen molar-refractivity contribution in [1.82, 2.24) is 0 Å². The Morgan fingerprint density at radius 1 is 0.848 bits per heavy atom. The quantitative estimate of drug-likeness (QED) is 0.269. The summed E-state index contributed by atoms with van der Waals surface area (Å²) >= 11 is 13.5. The summed E-state index contributed by atoms with van der Waals surface area (Å²) in [5.41, 5.74) is 1.84. The summed E-state index contributed by atoms with van der Waals surface area (Å²) in [6.45, 7) is -0.269. The van der Waals surface area contributed by atoms with Gasteiger partial charge in [-0.25, -0.2) is 0 Å². The molecule has 0 saturated carbocycles. The zero-order valence-corrected chi connectivity index (χ0v) is 19.5.